The van der Waals surface area contributed by atoms with Crippen molar-refractivity contribution in [1.29, 1.82) is 0 Å². The maximum absolute atomic E-state index is 4.45. The first-order chi connectivity index (χ1) is 9.72. The molecular formula is C16H21N3S. The molecule has 106 valence electrons. The van der Waals surface area contributed by atoms with Crippen molar-refractivity contribution in [2.24, 2.45) is 0 Å². The van der Waals surface area contributed by atoms with Gasteiger partial charge in [0.05, 0.1) is 5.69 Å². The third kappa shape index (κ3) is 3.02. The van der Waals surface area contributed by atoms with E-state index in [1.807, 2.05) is 17.5 Å². The summed E-state index contributed by atoms with van der Waals surface area (Å²) in [6.45, 7) is 7.29. The van der Waals surface area contributed by atoms with Crippen LogP contribution in [0.1, 0.15) is 30.0 Å². The van der Waals surface area contributed by atoms with Crippen molar-refractivity contribution < 1.29 is 0 Å². The summed E-state index contributed by atoms with van der Waals surface area (Å²) in [6, 6.07) is 7.08. The Labute approximate surface area is 124 Å². The number of hydrogen-bond acceptors (Lipinski definition) is 4. The van der Waals surface area contributed by atoms with Crippen LogP contribution in [0.5, 0.6) is 0 Å². The quantitative estimate of drug-likeness (QED) is 0.936. The van der Waals surface area contributed by atoms with Gasteiger partial charge in [-0.2, -0.15) is 0 Å². The SMILES string of the molecule is CC(C)NCc1cc(N2CCc3sccc3C2)ccn1. The molecule has 0 unspecified atom stereocenters. The lowest BCUT2D eigenvalue weighted by molar-refractivity contribution is 0.581. The van der Waals surface area contributed by atoms with Gasteiger partial charge in [0.2, 0.25) is 0 Å². The van der Waals surface area contributed by atoms with Crippen molar-refractivity contribution in [2.45, 2.75) is 39.4 Å². The number of nitrogens with one attached hydrogen (secondary N) is 1. The molecule has 0 aromatic carbocycles. The smallest absolute Gasteiger partial charge is 0.0562 e. The summed E-state index contributed by atoms with van der Waals surface area (Å²) in [5.74, 6) is 0. The highest BCUT2D eigenvalue weighted by atomic mass is 32.1. The van der Waals surface area contributed by atoms with Crippen LogP contribution in [0.3, 0.4) is 0 Å². The van der Waals surface area contributed by atoms with Gasteiger partial charge in [-0.3, -0.25) is 4.98 Å². The molecule has 1 aliphatic rings. The third-order valence-electron chi connectivity index (χ3n) is 3.66. The van der Waals surface area contributed by atoms with E-state index in [2.05, 4.69) is 52.6 Å². The summed E-state index contributed by atoms with van der Waals surface area (Å²) >= 11 is 1.89. The highest BCUT2D eigenvalue weighted by Crippen LogP contribution is 2.27. The monoisotopic (exact) mass is 287 g/mol. The Morgan fingerprint density at radius 2 is 2.30 bits per heavy atom. The second-order valence-electron chi connectivity index (χ2n) is 5.58. The van der Waals surface area contributed by atoms with E-state index in [-0.39, 0.29) is 0 Å². The van der Waals surface area contributed by atoms with Gasteiger partial charge in [-0.25, -0.2) is 0 Å². The lowest BCUT2D eigenvalue weighted by atomic mass is 10.1. The van der Waals surface area contributed by atoms with Gasteiger partial charge in [-0.05, 0) is 35.6 Å². The second-order valence-corrected chi connectivity index (χ2v) is 6.58. The molecule has 3 nitrogen and oxygen atoms in total. The van der Waals surface area contributed by atoms with Gasteiger partial charge < -0.3 is 10.2 Å². The second kappa shape index (κ2) is 5.94. The molecule has 0 fully saturated rings. The van der Waals surface area contributed by atoms with Crippen LogP contribution in [0.25, 0.3) is 0 Å². The van der Waals surface area contributed by atoms with Crippen LogP contribution in [-0.2, 0) is 19.5 Å². The topological polar surface area (TPSA) is 28.2 Å². The first-order valence-corrected chi connectivity index (χ1v) is 8.09. The number of aromatic nitrogens is 1. The number of thiophene rings is 1. The normalized spacial score (nSPS) is 14.7. The van der Waals surface area contributed by atoms with Crippen molar-refractivity contribution in [1.82, 2.24) is 10.3 Å². The van der Waals surface area contributed by atoms with Crippen molar-refractivity contribution in [2.75, 3.05) is 11.4 Å². The van der Waals surface area contributed by atoms with Crippen LogP contribution in [-0.4, -0.2) is 17.6 Å². The summed E-state index contributed by atoms with van der Waals surface area (Å²) in [5.41, 5.74) is 3.89. The zero-order valence-corrected chi connectivity index (χ0v) is 12.9. The zero-order chi connectivity index (χ0) is 13.9. The van der Waals surface area contributed by atoms with Gasteiger partial charge in [-0.1, -0.05) is 13.8 Å². The fraction of sp³-hybridized carbons (Fsp3) is 0.438. The number of pyridine rings is 1. The summed E-state index contributed by atoms with van der Waals surface area (Å²) in [6.07, 6.45) is 3.09. The molecule has 0 saturated heterocycles. The van der Waals surface area contributed by atoms with Crippen LogP contribution >= 0.6 is 11.3 Å². The predicted molar refractivity (Wildman–Crippen MR) is 85.3 cm³/mol. The van der Waals surface area contributed by atoms with Gasteiger partial charge >= 0.3 is 0 Å². The average Bonchev–Trinajstić information content (AvgIpc) is 2.93. The molecule has 2 aromatic heterocycles. The molecule has 0 aliphatic carbocycles. The average molecular weight is 287 g/mol. The van der Waals surface area contributed by atoms with E-state index in [1.54, 1.807) is 4.88 Å². The minimum Gasteiger partial charge on any atom is -0.367 e. The molecule has 3 rings (SSSR count). The van der Waals surface area contributed by atoms with E-state index in [4.69, 9.17) is 0 Å². The first-order valence-electron chi connectivity index (χ1n) is 7.21. The first kappa shape index (κ1) is 13.6. The maximum Gasteiger partial charge on any atom is 0.0562 e. The summed E-state index contributed by atoms with van der Waals surface area (Å²) < 4.78 is 0. The lowest BCUT2D eigenvalue weighted by Crippen LogP contribution is -2.29. The minimum absolute atomic E-state index is 0.490. The van der Waals surface area contributed by atoms with Crippen LogP contribution < -0.4 is 10.2 Å². The Morgan fingerprint density at radius 3 is 3.15 bits per heavy atom. The molecule has 20 heavy (non-hydrogen) atoms. The summed E-state index contributed by atoms with van der Waals surface area (Å²) in [5, 5.41) is 5.63. The molecular weight excluding hydrogens is 266 g/mol. The third-order valence-corrected chi connectivity index (χ3v) is 4.69. The molecule has 0 radical (unpaired) electrons. The number of fused-ring (bicyclic) bond motifs is 1. The standard InChI is InChI=1S/C16H21N3S/c1-12(2)18-10-14-9-15(3-6-17-14)19-7-4-16-13(11-19)5-8-20-16/h3,5-6,8-9,12,18H,4,7,10-11H2,1-2H3. The van der Waals surface area contributed by atoms with Gasteiger partial charge in [0.1, 0.15) is 0 Å². The van der Waals surface area contributed by atoms with Crippen LogP contribution in [0.15, 0.2) is 29.8 Å². The van der Waals surface area contributed by atoms with Crippen molar-refractivity contribution in [3.05, 3.63) is 45.9 Å². The van der Waals surface area contributed by atoms with E-state index in [0.29, 0.717) is 6.04 Å². The number of hydrogen-bond donors (Lipinski definition) is 1. The van der Waals surface area contributed by atoms with E-state index < -0.39 is 0 Å². The zero-order valence-electron chi connectivity index (χ0n) is 12.1. The van der Waals surface area contributed by atoms with Crippen LogP contribution in [0.2, 0.25) is 0 Å². The van der Waals surface area contributed by atoms with E-state index in [1.165, 1.54) is 11.3 Å². The molecule has 0 spiro atoms. The molecule has 0 amide bonds. The Kier molecular flexibility index (Phi) is 4.03. The van der Waals surface area contributed by atoms with Crippen molar-refractivity contribution in [3.63, 3.8) is 0 Å². The fourth-order valence-corrected chi connectivity index (χ4v) is 3.43. The lowest BCUT2D eigenvalue weighted by Gasteiger charge is -2.29. The van der Waals surface area contributed by atoms with Crippen molar-refractivity contribution >= 4 is 17.0 Å². The summed E-state index contributed by atoms with van der Waals surface area (Å²) in [4.78, 5) is 8.46. The van der Waals surface area contributed by atoms with E-state index >= 15 is 0 Å². The molecule has 3 heterocycles. The number of anilines is 1. The number of rotatable bonds is 4. The van der Waals surface area contributed by atoms with Gasteiger partial charge in [0, 0.05) is 42.4 Å². The van der Waals surface area contributed by atoms with Crippen LogP contribution in [0, 0.1) is 0 Å². The molecule has 2 aromatic rings. The molecule has 0 atom stereocenters. The van der Waals surface area contributed by atoms with E-state index in [0.717, 1.165) is 31.7 Å². The molecule has 1 N–H and O–H groups in total. The van der Waals surface area contributed by atoms with Crippen LogP contribution in [0.4, 0.5) is 5.69 Å². The number of nitrogens with zero attached hydrogens (tertiary/aromatic N) is 2. The Morgan fingerprint density at radius 1 is 1.40 bits per heavy atom. The van der Waals surface area contributed by atoms with Gasteiger partial charge in [-0.15, -0.1) is 11.3 Å². The Bertz CT molecular complexity index is 577. The maximum atomic E-state index is 4.45. The Balaban J connectivity index is 1.73. The Hall–Kier alpha value is -1.39. The molecule has 0 bridgehead atoms. The predicted octanol–water partition coefficient (Wildman–Crippen LogP) is 3.20. The highest BCUT2D eigenvalue weighted by Gasteiger charge is 2.17. The molecule has 4 heteroatoms. The molecule has 1 aliphatic heterocycles. The van der Waals surface area contributed by atoms with Gasteiger partial charge in [0.25, 0.3) is 0 Å². The summed E-state index contributed by atoms with van der Waals surface area (Å²) in [7, 11) is 0. The molecule has 0 saturated carbocycles. The van der Waals surface area contributed by atoms with Crippen molar-refractivity contribution in [3.8, 4) is 0 Å². The largest absolute Gasteiger partial charge is 0.367 e. The minimum atomic E-state index is 0.490. The fourth-order valence-electron chi connectivity index (χ4n) is 2.54. The van der Waals surface area contributed by atoms with E-state index in [9.17, 15) is 0 Å². The highest BCUT2D eigenvalue weighted by molar-refractivity contribution is 7.10. The van der Waals surface area contributed by atoms with Gasteiger partial charge in [0.15, 0.2) is 0 Å².